The van der Waals surface area contributed by atoms with Crippen LogP contribution in [0.4, 0.5) is 17.6 Å². The molecule has 0 aliphatic heterocycles. The number of fused-ring (bicyclic) bond motifs is 1. The predicted molar refractivity (Wildman–Crippen MR) is 138 cm³/mol. The Hall–Kier alpha value is -3.79. The molecule has 196 valence electrons. The van der Waals surface area contributed by atoms with Crippen molar-refractivity contribution < 1.29 is 32.3 Å². The summed E-state index contributed by atoms with van der Waals surface area (Å²) in [6.07, 6.45) is -0.914. The van der Waals surface area contributed by atoms with E-state index in [2.05, 4.69) is 21.2 Å². The molecule has 0 saturated heterocycles. The standard InChI is InChI=1S/C28H21BrF4N2O3/c1-14-23(18-11-17(29)8-9-21(18)35-27(14)15-5-3-2-4-6-15)28(38)34-13-16(7-10-22(36)37)24-25(32)19(30)12-20(31)26(24)33/h2-6,8-9,11-12,16H,7,10,13H2,1H3,(H,34,38)(H,36,37)/t16-/m0/s1. The topological polar surface area (TPSA) is 79.3 Å². The van der Waals surface area contributed by atoms with Gasteiger partial charge in [0.05, 0.1) is 16.8 Å². The van der Waals surface area contributed by atoms with E-state index < -0.39 is 59.6 Å². The highest BCUT2D eigenvalue weighted by Gasteiger charge is 2.28. The normalized spacial score (nSPS) is 11.9. The van der Waals surface area contributed by atoms with Crippen molar-refractivity contribution >= 4 is 38.7 Å². The molecule has 2 N–H and O–H groups in total. The van der Waals surface area contributed by atoms with Gasteiger partial charge in [0.15, 0.2) is 23.3 Å². The van der Waals surface area contributed by atoms with Gasteiger partial charge in [0, 0.05) is 45.9 Å². The summed E-state index contributed by atoms with van der Waals surface area (Å²) in [7, 11) is 0. The number of carbonyl (C=O) groups excluding carboxylic acids is 1. The van der Waals surface area contributed by atoms with Crippen LogP contribution in [0.2, 0.25) is 0 Å². The maximum Gasteiger partial charge on any atom is 0.303 e. The summed E-state index contributed by atoms with van der Waals surface area (Å²) in [6, 6.07) is 14.5. The zero-order valence-electron chi connectivity index (χ0n) is 20.0. The van der Waals surface area contributed by atoms with Crippen molar-refractivity contribution in [2.45, 2.75) is 25.7 Å². The summed E-state index contributed by atoms with van der Waals surface area (Å²) in [5, 5.41) is 12.2. The highest BCUT2D eigenvalue weighted by Crippen LogP contribution is 2.33. The smallest absolute Gasteiger partial charge is 0.303 e. The first-order valence-corrected chi connectivity index (χ1v) is 12.4. The van der Waals surface area contributed by atoms with Crippen LogP contribution in [0.3, 0.4) is 0 Å². The zero-order valence-corrected chi connectivity index (χ0v) is 21.6. The van der Waals surface area contributed by atoms with Crippen LogP contribution in [0.15, 0.2) is 59.1 Å². The van der Waals surface area contributed by atoms with Crippen LogP contribution in [0.1, 0.15) is 40.2 Å². The van der Waals surface area contributed by atoms with Gasteiger partial charge < -0.3 is 10.4 Å². The molecule has 0 saturated carbocycles. The number of carboxylic acids is 1. The largest absolute Gasteiger partial charge is 0.481 e. The lowest BCUT2D eigenvalue weighted by atomic mass is 9.92. The molecule has 0 aliphatic rings. The van der Waals surface area contributed by atoms with Gasteiger partial charge in [-0.25, -0.2) is 22.5 Å². The highest BCUT2D eigenvalue weighted by atomic mass is 79.9. The Morgan fingerprint density at radius 1 is 1.00 bits per heavy atom. The Morgan fingerprint density at radius 3 is 2.29 bits per heavy atom. The van der Waals surface area contributed by atoms with Crippen LogP contribution in [0.25, 0.3) is 22.2 Å². The van der Waals surface area contributed by atoms with Crippen molar-refractivity contribution in [1.82, 2.24) is 10.3 Å². The van der Waals surface area contributed by atoms with Crippen molar-refractivity contribution in [3.63, 3.8) is 0 Å². The second kappa shape index (κ2) is 11.3. The van der Waals surface area contributed by atoms with Gasteiger partial charge in [0.2, 0.25) is 0 Å². The molecule has 1 aromatic heterocycles. The average molecular weight is 589 g/mol. The first-order chi connectivity index (χ1) is 18.1. The molecule has 0 aliphatic carbocycles. The number of carbonyl (C=O) groups is 2. The first kappa shape index (κ1) is 27.3. The summed E-state index contributed by atoms with van der Waals surface area (Å²) in [5.41, 5.74) is 1.68. The number of halogens is 5. The Labute approximate surface area is 223 Å². The number of pyridine rings is 1. The summed E-state index contributed by atoms with van der Waals surface area (Å²) in [5.74, 6) is -9.73. The Balaban J connectivity index is 1.76. The van der Waals surface area contributed by atoms with Crippen LogP contribution >= 0.6 is 15.9 Å². The molecule has 0 radical (unpaired) electrons. The fourth-order valence-corrected chi connectivity index (χ4v) is 4.76. The minimum atomic E-state index is -1.63. The van der Waals surface area contributed by atoms with E-state index in [0.717, 1.165) is 5.56 Å². The van der Waals surface area contributed by atoms with Gasteiger partial charge in [0.1, 0.15) is 0 Å². The van der Waals surface area contributed by atoms with Crippen molar-refractivity contribution in [3.8, 4) is 11.3 Å². The van der Waals surface area contributed by atoms with Crippen molar-refractivity contribution in [3.05, 3.63) is 99.0 Å². The third-order valence-electron chi connectivity index (χ3n) is 6.23. The summed E-state index contributed by atoms with van der Waals surface area (Å²) in [4.78, 5) is 29.4. The molecule has 1 amide bonds. The molecule has 4 rings (SSSR count). The van der Waals surface area contributed by atoms with Gasteiger partial charge in [-0.05, 0) is 37.1 Å². The Kier molecular flexibility index (Phi) is 8.11. The van der Waals surface area contributed by atoms with Crippen molar-refractivity contribution in [1.29, 1.82) is 0 Å². The molecule has 0 bridgehead atoms. The fraction of sp³-hybridized carbons (Fsp3) is 0.179. The van der Waals surface area contributed by atoms with E-state index in [4.69, 9.17) is 10.1 Å². The number of hydrogen-bond donors (Lipinski definition) is 2. The van der Waals surface area contributed by atoms with Crippen molar-refractivity contribution in [2.75, 3.05) is 6.54 Å². The lowest BCUT2D eigenvalue weighted by Gasteiger charge is -2.20. The Morgan fingerprint density at radius 2 is 1.66 bits per heavy atom. The summed E-state index contributed by atoms with van der Waals surface area (Å²) < 4.78 is 57.7. The van der Waals surface area contributed by atoms with Crippen molar-refractivity contribution in [2.24, 2.45) is 0 Å². The third kappa shape index (κ3) is 5.55. The summed E-state index contributed by atoms with van der Waals surface area (Å²) in [6.45, 7) is 1.24. The molecule has 0 spiro atoms. The Bertz CT molecular complexity index is 1520. The van der Waals surface area contributed by atoms with Crippen LogP contribution in [0, 0.1) is 30.2 Å². The molecular formula is C28H21BrF4N2O3. The molecule has 3 aromatic carbocycles. The average Bonchev–Trinajstić information content (AvgIpc) is 2.88. The number of hydrogen-bond acceptors (Lipinski definition) is 3. The number of amides is 1. The van der Waals surface area contributed by atoms with E-state index in [0.29, 0.717) is 26.6 Å². The molecule has 5 nitrogen and oxygen atoms in total. The van der Waals surface area contributed by atoms with Gasteiger partial charge in [0.25, 0.3) is 5.91 Å². The van der Waals surface area contributed by atoms with E-state index >= 15 is 0 Å². The van der Waals surface area contributed by atoms with E-state index in [-0.39, 0.29) is 18.1 Å². The number of benzene rings is 3. The van der Waals surface area contributed by atoms with Gasteiger partial charge >= 0.3 is 5.97 Å². The minimum absolute atomic E-state index is 0.0798. The number of nitrogens with zero attached hydrogens (tertiary/aromatic N) is 1. The van der Waals surface area contributed by atoms with Crippen LogP contribution in [-0.4, -0.2) is 28.5 Å². The lowest BCUT2D eigenvalue weighted by Crippen LogP contribution is -2.30. The number of aromatic nitrogens is 1. The van der Waals surface area contributed by atoms with Crippen LogP contribution in [0.5, 0.6) is 0 Å². The second-order valence-electron chi connectivity index (χ2n) is 8.71. The fourth-order valence-electron chi connectivity index (χ4n) is 4.40. The predicted octanol–water partition coefficient (Wildman–Crippen LogP) is 6.91. The number of aliphatic carboxylic acids is 1. The third-order valence-corrected chi connectivity index (χ3v) is 6.73. The molecule has 10 heteroatoms. The van der Waals surface area contributed by atoms with E-state index in [1.165, 1.54) is 0 Å². The van der Waals surface area contributed by atoms with E-state index in [1.54, 1.807) is 25.1 Å². The van der Waals surface area contributed by atoms with Gasteiger partial charge in [-0.3, -0.25) is 9.59 Å². The minimum Gasteiger partial charge on any atom is -0.481 e. The maximum atomic E-state index is 14.6. The number of rotatable bonds is 8. The van der Waals surface area contributed by atoms with Gasteiger partial charge in [-0.1, -0.05) is 46.3 Å². The quantitative estimate of drug-likeness (QED) is 0.173. The molecule has 0 fully saturated rings. The second-order valence-corrected chi connectivity index (χ2v) is 9.62. The summed E-state index contributed by atoms with van der Waals surface area (Å²) >= 11 is 3.39. The van der Waals surface area contributed by atoms with Crippen LogP contribution < -0.4 is 5.32 Å². The van der Waals surface area contributed by atoms with Crippen LogP contribution in [-0.2, 0) is 4.79 Å². The zero-order chi connectivity index (χ0) is 27.6. The molecule has 1 atom stereocenters. The lowest BCUT2D eigenvalue weighted by molar-refractivity contribution is -0.137. The molecular weight excluding hydrogens is 568 g/mol. The number of nitrogens with one attached hydrogen (secondary N) is 1. The van der Waals surface area contributed by atoms with E-state index in [9.17, 15) is 27.2 Å². The molecule has 1 heterocycles. The monoisotopic (exact) mass is 588 g/mol. The van der Waals surface area contributed by atoms with E-state index in [1.807, 2.05) is 30.3 Å². The number of carboxylic acid groups (broad SMARTS) is 1. The highest BCUT2D eigenvalue weighted by molar-refractivity contribution is 9.10. The van der Waals surface area contributed by atoms with Gasteiger partial charge in [-0.2, -0.15) is 0 Å². The molecule has 0 unspecified atom stereocenters. The first-order valence-electron chi connectivity index (χ1n) is 11.6. The maximum absolute atomic E-state index is 14.6. The molecule has 4 aromatic rings. The SMILES string of the molecule is Cc1c(-c2ccccc2)nc2ccc(Br)cc2c1C(=O)NC[C@H](CCC(=O)O)c1c(F)c(F)cc(F)c1F. The molecule has 38 heavy (non-hydrogen) atoms. The van der Waals surface area contributed by atoms with Gasteiger partial charge in [-0.15, -0.1) is 0 Å².